The van der Waals surface area contributed by atoms with Crippen molar-refractivity contribution in [3.05, 3.63) is 28.3 Å². The lowest BCUT2D eigenvalue weighted by Gasteiger charge is -2.06. The number of hydrogen-bond donors (Lipinski definition) is 1. The molecule has 80 valence electrons. The second-order valence-corrected chi connectivity index (χ2v) is 4.25. The molecule has 0 fully saturated rings. The van der Waals surface area contributed by atoms with Gasteiger partial charge in [-0.15, -0.1) is 0 Å². The van der Waals surface area contributed by atoms with Crippen molar-refractivity contribution in [2.24, 2.45) is 5.73 Å². The molecule has 1 aromatic carbocycles. The molecule has 1 heterocycles. The number of primary amides is 1. The highest BCUT2D eigenvalue weighted by Gasteiger charge is 2.22. The van der Waals surface area contributed by atoms with E-state index in [2.05, 4.69) is 0 Å². The van der Waals surface area contributed by atoms with Crippen molar-refractivity contribution in [3.8, 4) is 5.75 Å². The van der Waals surface area contributed by atoms with Crippen LogP contribution in [0.1, 0.15) is 18.1 Å². The summed E-state index contributed by atoms with van der Waals surface area (Å²) < 4.78 is 5.55. The van der Waals surface area contributed by atoms with Crippen LogP contribution < -0.4 is 10.5 Å². The van der Waals surface area contributed by atoms with Gasteiger partial charge in [0.05, 0.1) is 11.4 Å². The standard InChI is InChI=1S/C11H12ClNO2/c1-6-2-8-3-7(5-10(13)14)4-9(12)11(8)15-6/h3-4,6H,2,5H2,1H3,(H2,13,14). The fourth-order valence-electron chi connectivity index (χ4n) is 1.85. The van der Waals surface area contributed by atoms with Crippen LogP contribution in [-0.2, 0) is 17.6 Å². The Morgan fingerprint density at radius 2 is 2.40 bits per heavy atom. The van der Waals surface area contributed by atoms with Gasteiger partial charge < -0.3 is 10.5 Å². The summed E-state index contributed by atoms with van der Waals surface area (Å²) in [7, 11) is 0. The van der Waals surface area contributed by atoms with Crippen molar-refractivity contribution in [3.63, 3.8) is 0 Å². The zero-order valence-electron chi connectivity index (χ0n) is 8.42. The summed E-state index contributed by atoms with van der Waals surface area (Å²) in [6.07, 6.45) is 1.21. The predicted molar refractivity (Wildman–Crippen MR) is 58.1 cm³/mol. The molecule has 3 nitrogen and oxygen atoms in total. The Hall–Kier alpha value is -1.22. The summed E-state index contributed by atoms with van der Waals surface area (Å²) in [4.78, 5) is 10.8. The van der Waals surface area contributed by atoms with E-state index >= 15 is 0 Å². The fourth-order valence-corrected chi connectivity index (χ4v) is 2.16. The largest absolute Gasteiger partial charge is 0.489 e. The Kier molecular flexibility index (Phi) is 2.57. The molecule has 1 unspecified atom stereocenters. The maximum Gasteiger partial charge on any atom is 0.221 e. The maximum atomic E-state index is 10.8. The Morgan fingerprint density at radius 3 is 3.07 bits per heavy atom. The van der Waals surface area contributed by atoms with Gasteiger partial charge in [-0.2, -0.15) is 0 Å². The van der Waals surface area contributed by atoms with Crippen LogP contribution in [0.4, 0.5) is 0 Å². The lowest BCUT2D eigenvalue weighted by Crippen LogP contribution is -2.13. The molecular weight excluding hydrogens is 214 g/mol. The third kappa shape index (κ3) is 2.07. The number of amides is 1. The molecule has 1 aliphatic rings. The van der Waals surface area contributed by atoms with Crippen molar-refractivity contribution < 1.29 is 9.53 Å². The van der Waals surface area contributed by atoms with Crippen molar-refractivity contribution in [2.75, 3.05) is 0 Å². The Bertz CT molecular complexity index is 417. The average Bonchev–Trinajstić information content (AvgIpc) is 2.44. The quantitative estimate of drug-likeness (QED) is 0.833. The van der Waals surface area contributed by atoms with Crippen molar-refractivity contribution in [1.82, 2.24) is 0 Å². The number of carbonyl (C=O) groups is 1. The molecule has 2 rings (SSSR count). The highest BCUT2D eigenvalue weighted by Crippen LogP contribution is 2.36. The minimum Gasteiger partial charge on any atom is -0.489 e. The number of benzene rings is 1. The normalized spacial score (nSPS) is 18.4. The van der Waals surface area contributed by atoms with E-state index in [1.807, 2.05) is 13.0 Å². The first-order chi connectivity index (χ1) is 7.06. The molecule has 0 aromatic heterocycles. The van der Waals surface area contributed by atoms with Crippen molar-refractivity contribution in [2.45, 2.75) is 25.9 Å². The van der Waals surface area contributed by atoms with Gasteiger partial charge in [-0.05, 0) is 24.1 Å². The zero-order valence-corrected chi connectivity index (χ0v) is 9.17. The molecule has 1 aromatic rings. The molecule has 1 amide bonds. The number of halogens is 1. The van der Waals surface area contributed by atoms with E-state index in [9.17, 15) is 4.79 Å². The predicted octanol–water partition coefficient (Wildman–Crippen LogP) is 1.69. The molecule has 1 atom stereocenters. The average molecular weight is 226 g/mol. The molecule has 0 saturated heterocycles. The number of nitrogens with two attached hydrogens (primary N) is 1. The maximum absolute atomic E-state index is 10.8. The molecular formula is C11H12ClNO2. The number of rotatable bonds is 2. The molecule has 0 bridgehead atoms. The SMILES string of the molecule is CC1Cc2cc(CC(N)=O)cc(Cl)c2O1. The third-order valence-electron chi connectivity index (χ3n) is 2.39. The monoisotopic (exact) mass is 225 g/mol. The molecule has 0 spiro atoms. The number of hydrogen-bond acceptors (Lipinski definition) is 2. The second kappa shape index (κ2) is 3.74. The van der Waals surface area contributed by atoms with Gasteiger partial charge in [-0.1, -0.05) is 17.7 Å². The molecule has 15 heavy (non-hydrogen) atoms. The van der Waals surface area contributed by atoms with Crippen LogP contribution in [0.3, 0.4) is 0 Å². The van der Waals surface area contributed by atoms with Crippen molar-refractivity contribution in [1.29, 1.82) is 0 Å². The number of ether oxygens (including phenoxy) is 1. The first kappa shape index (κ1) is 10.3. The van der Waals surface area contributed by atoms with Crippen LogP contribution in [0.2, 0.25) is 5.02 Å². The van der Waals surface area contributed by atoms with Crippen LogP contribution >= 0.6 is 11.6 Å². The molecule has 0 radical (unpaired) electrons. The molecule has 4 heteroatoms. The van der Waals surface area contributed by atoms with Gasteiger partial charge in [0.1, 0.15) is 11.9 Å². The van der Waals surface area contributed by atoms with Gasteiger partial charge in [0, 0.05) is 6.42 Å². The molecule has 2 N–H and O–H groups in total. The smallest absolute Gasteiger partial charge is 0.221 e. The Labute approximate surface area is 93.2 Å². The lowest BCUT2D eigenvalue weighted by atomic mass is 10.0. The minimum atomic E-state index is -0.349. The van der Waals surface area contributed by atoms with Gasteiger partial charge >= 0.3 is 0 Å². The summed E-state index contributed by atoms with van der Waals surface area (Å²) in [5, 5.41) is 0.563. The van der Waals surface area contributed by atoms with Crippen molar-refractivity contribution >= 4 is 17.5 Å². The van der Waals surface area contributed by atoms with Crippen LogP contribution in [0.5, 0.6) is 5.75 Å². The van der Waals surface area contributed by atoms with E-state index in [4.69, 9.17) is 22.1 Å². The fraction of sp³-hybridized carbons (Fsp3) is 0.364. The van der Waals surface area contributed by atoms with E-state index in [0.717, 1.165) is 23.3 Å². The summed E-state index contributed by atoms with van der Waals surface area (Å²) in [6.45, 7) is 1.99. The number of carbonyl (C=O) groups excluding carboxylic acids is 1. The highest BCUT2D eigenvalue weighted by molar-refractivity contribution is 6.32. The highest BCUT2D eigenvalue weighted by atomic mass is 35.5. The van der Waals surface area contributed by atoms with E-state index in [-0.39, 0.29) is 18.4 Å². The van der Waals surface area contributed by atoms with Gasteiger partial charge in [0.15, 0.2) is 0 Å². The lowest BCUT2D eigenvalue weighted by molar-refractivity contribution is -0.117. The third-order valence-corrected chi connectivity index (χ3v) is 2.67. The minimum absolute atomic E-state index is 0.154. The van der Waals surface area contributed by atoms with Crippen LogP contribution in [0, 0.1) is 0 Å². The summed E-state index contributed by atoms with van der Waals surface area (Å²) >= 11 is 6.05. The van der Waals surface area contributed by atoms with Crippen LogP contribution in [0.25, 0.3) is 0 Å². The molecule has 1 aliphatic heterocycles. The topological polar surface area (TPSA) is 52.3 Å². The van der Waals surface area contributed by atoms with Gasteiger partial charge in [-0.25, -0.2) is 0 Å². The summed E-state index contributed by atoms with van der Waals surface area (Å²) in [6, 6.07) is 3.68. The van der Waals surface area contributed by atoms with E-state index < -0.39 is 0 Å². The summed E-state index contributed by atoms with van der Waals surface area (Å²) in [5.41, 5.74) is 7.05. The van der Waals surface area contributed by atoms with Crippen LogP contribution in [0.15, 0.2) is 12.1 Å². The first-order valence-corrected chi connectivity index (χ1v) is 5.20. The summed E-state index contributed by atoms with van der Waals surface area (Å²) in [5.74, 6) is 0.398. The molecule has 0 aliphatic carbocycles. The van der Waals surface area contributed by atoms with Crippen LogP contribution in [-0.4, -0.2) is 12.0 Å². The second-order valence-electron chi connectivity index (χ2n) is 3.84. The van der Waals surface area contributed by atoms with E-state index in [1.54, 1.807) is 6.07 Å². The Balaban J connectivity index is 2.35. The molecule has 0 saturated carbocycles. The van der Waals surface area contributed by atoms with Gasteiger partial charge in [0.25, 0.3) is 0 Å². The Morgan fingerprint density at radius 1 is 1.67 bits per heavy atom. The zero-order chi connectivity index (χ0) is 11.0. The van der Waals surface area contributed by atoms with E-state index in [1.165, 1.54) is 0 Å². The number of fused-ring (bicyclic) bond motifs is 1. The van der Waals surface area contributed by atoms with E-state index in [0.29, 0.717) is 5.02 Å². The van der Waals surface area contributed by atoms with Gasteiger partial charge in [-0.3, -0.25) is 4.79 Å². The first-order valence-electron chi connectivity index (χ1n) is 4.82. The van der Waals surface area contributed by atoms with Gasteiger partial charge in [0.2, 0.25) is 5.91 Å².